The van der Waals surface area contributed by atoms with Crippen molar-refractivity contribution in [2.24, 2.45) is 0 Å². The maximum absolute atomic E-state index is 12.8. The number of hydrogen-bond donors (Lipinski definition) is 1. The molecule has 1 aliphatic rings. The SMILES string of the molecule is Cc1ccc(-c2csc3ncnc(SCC(=O)Nc4sc5c(c4C#N)CCCC5)c23)cc1C. The van der Waals surface area contributed by atoms with Crippen LogP contribution in [0.4, 0.5) is 5.00 Å². The topological polar surface area (TPSA) is 78.7 Å². The largest absolute Gasteiger partial charge is 0.316 e. The summed E-state index contributed by atoms with van der Waals surface area (Å²) >= 11 is 4.56. The lowest BCUT2D eigenvalue weighted by atomic mass is 9.96. The van der Waals surface area contributed by atoms with E-state index >= 15 is 0 Å². The molecule has 1 N–H and O–H groups in total. The highest BCUT2D eigenvalue weighted by molar-refractivity contribution is 8.00. The summed E-state index contributed by atoms with van der Waals surface area (Å²) in [5.41, 5.74) is 6.50. The number of aromatic nitrogens is 2. The Morgan fingerprint density at radius 1 is 1.21 bits per heavy atom. The van der Waals surface area contributed by atoms with Crippen molar-refractivity contribution < 1.29 is 4.79 Å². The van der Waals surface area contributed by atoms with Crippen LogP contribution in [0.1, 0.15) is 40.0 Å². The Morgan fingerprint density at radius 3 is 2.88 bits per heavy atom. The fourth-order valence-electron chi connectivity index (χ4n) is 4.15. The van der Waals surface area contributed by atoms with Gasteiger partial charge in [0.1, 0.15) is 27.3 Å². The number of nitriles is 1. The first-order chi connectivity index (χ1) is 16.0. The molecule has 0 spiro atoms. The molecule has 5 rings (SSSR count). The van der Waals surface area contributed by atoms with Crippen molar-refractivity contribution in [3.8, 4) is 17.2 Å². The van der Waals surface area contributed by atoms with Gasteiger partial charge < -0.3 is 5.32 Å². The van der Waals surface area contributed by atoms with Crippen molar-refractivity contribution in [2.45, 2.75) is 44.6 Å². The van der Waals surface area contributed by atoms with Gasteiger partial charge in [0.25, 0.3) is 0 Å². The number of hydrogen-bond acceptors (Lipinski definition) is 7. The number of thiophene rings is 2. The summed E-state index contributed by atoms with van der Waals surface area (Å²) in [4.78, 5) is 23.9. The number of benzene rings is 1. The van der Waals surface area contributed by atoms with Crippen molar-refractivity contribution in [1.82, 2.24) is 9.97 Å². The maximum Gasteiger partial charge on any atom is 0.235 e. The van der Waals surface area contributed by atoms with Gasteiger partial charge in [-0.2, -0.15) is 5.26 Å². The smallest absolute Gasteiger partial charge is 0.235 e. The second kappa shape index (κ2) is 9.26. The van der Waals surface area contributed by atoms with E-state index in [0.717, 1.165) is 57.6 Å². The van der Waals surface area contributed by atoms with E-state index in [1.54, 1.807) is 29.0 Å². The molecule has 1 aromatic carbocycles. The summed E-state index contributed by atoms with van der Waals surface area (Å²) in [5.74, 6) is 0.103. The zero-order valence-corrected chi connectivity index (χ0v) is 20.8. The molecule has 3 heterocycles. The summed E-state index contributed by atoms with van der Waals surface area (Å²) in [6.45, 7) is 4.22. The molecule has 0 saturated heterocycles. The molecule has 166 valence electrons. The van der Waals surface area contributed by atoms with E-state index in [9.17, 15) is 10.1 Å². The van der Waals surface area contributed by atoms with Crippen molar-refractivity contribution in [2.75, 3.05) is 11.1 Å². The lowest BCUT2D eigenvalue weighted by Gasteiger charge is -2.09. The molecule has 8 heteroatoms. The number of anilines is 1. The molecule has 0 aliphatic heterocycles. The van der Waals surface area contributed by atoms with E-state index in [-0.39, 0.29) is 11.7 Å². The number of fused-ring (bicyclic) bond motifs is 2. The Kier molecular flexibility index (Phi) is 6.19. The molecule has 33 heavy (non-hydrogen) atoms. The molecule has 0 fully saturated rings. The van der Waals surface area contributed by atoms with Gasteiger partial charge in [-0.25, -0.2) is 9.97 Å². The molecule has 1 amide bonds. The average Bonchev–Trinajstić information content (AvgIpc) is 3.40. The Bertz CT molecular complexity index is 1410. The van der Waals surface area contributed by atoms with Gasteiger partial charge in [-0.05, 0) is 61.8 Å². The van der Waals surface area contributed by atoms with Crippen LogP contribution in [0, 0.1) is 25.2 Å². The highest BCUT2D eigenvalue weighted by Gasteiger charge is 2.22. The van der Waals surface area contributed by atoms with Gasteiger partial charge in [0.2, 0.25) is 5.91 Å². The van der Waals surface area contributed by atoms with Crippen LogP contribution in [-0.4, -0.2) is 21.6 Å². The van der Waals surface area contributed by atoms with Crippen LogP contribution in [0.2, 0.25) is 0 Å². The van der Waals surface area contributed by atoms with Gasteiger partial charge in [0.15, 0.2) is 0 Å². The second-order valence-electron chi connectivity index (χ2n) is 8.17. The number of thioether (sulfide) groups is 1. The number of amides is 1. The first-order valence-electron chi connectivity index (χ1n) is 10.8. The number of carbonyl (C=O) groups is 1. The summed E-state index contributed by atoms with van der Waals surface area (Å²) in [7, 11) is 0. The third kappa shape index (κ3) is 4.29. The lowest BCUT2D eigenvalue weighted by molar-refractivity contribution is -0.113. The molecule has 0 bridgehead atoms. The van der Waals surface area contributed by atoms with Crippen LogP contribution in [0.25, 0.3) is 21.3 Å². The van der Waals surface area contributed by atoms with Crippen LogP contribution in [0.5, 0.6) is 0 Å². The molecular formula is C25H22N4OS3. The van der Waals surface area contributed by atoms with Crippen LogP contribution < -0.4 is 5.32 Å². The highest BCUT2D eigenvalue weighted by Crippen LogP contribution is 2.39. The average molecular weight is 491 g/mol. The minimum Gasteiger partial charge on any atom is -0.316 e. The van der Waals surface area contributed by atoms with Gasteiger partial charge in [-0.3, -0.25) is 4.79 Å². The predicted molar refractivity (Wildman–Crippen MR) is 137 cm³/mol. The number of carbonyl (C=O) groups excluding carboxylic acids is 1. The van der Waals surface area contributed by atoms with E-state index in [4.69, 9.17) is 0 Å². The van der Waals surface area contributed by atoms with E-state index in [1.165, 1.54) is 27.8 Å². The predicted octanol–water partition coefficient (Wildman–Crippen LogP) is 6.52. The summed E-state index contributed by atoms with van der Waals surface area (Å²) in [6.07, 6.45) is 5.74. The van der Waals surface area contributed by atoms with Crippen LogP contribution >= 0.6 is 34.4 Å². The standard InChI is InChI=1S/C25H22N4OS3/c1-14-7-8-16(9-15(14)2)19-11-31-24-22(19)25(28-13-27-24)32-12-21(30)29-23-18(10-26)17-5-3-4-6-20(17)33-23/h7-9,11,13H,3-6,12H2,1-2H3,(H,29,30). The Balaban J connectivity index is 1.38. The van der Waals surface area contributed by atoms with Gasteiger partial charge >= 0.3 is 0 Å². The maximum atomic E-state index is 12.8. The third-order valence-corrected chi connectivity index (χ3v) is 9.11. The quantitative estimate of drug-likeness (QED) is 0.255. The van der Waals surface area contributed by atoms with Crippen molar-refractivity contribution in [1.29, 1.82) is 5.26 Å². The van der Waals surface area contributed by atoms with Crippen LogP contribution in [0.15, 0.2) is 34.9 Å². The van der Waals surface area contributed by atoms with E-state index in [2.05, 4.69) is 58.8 Å². The molecular weight excluding hydrogens is 469 g/mol. The van der Waals surface area contributed by atoms with Crippen molar-refractivity contribution >= 4 is 55.6 Å². The Labute approximate surface area is 204 Å². The Hall–Kier alpha value is -2.73. The fraction of sp³-hybridized carbons (Fsp3) is 0.280. The van der Waals surface area contributed by atoms with E-state index < -0.39 is 0 Å². The minimum absolute atomic E-state index is 0.121. The first-order valence-corrected chi connectivity index (χ1v) is 13.5. The monoisotopic (exact) mass is 490 g/mol. The number of aryl methyl sites for hydroxylation is 3. The van der Waals surface area contributed by atoms with E-state index in [1.807, 2.05) is 0 Å². The molecule has 0 saturated carbocycles. The number of nitrogens with one attached hydrogen (secondary N) is 1. The van der Waals surface area contributed by atoms with Gasteiger partial charge in [-0.1, -0.05) is 30.0 Å². The fourth-order valence-corrected chi connectivity index (χ4v) is 7.20. The number of rotatable bonds is 5. The summed E-state index contributed by atoms with van der Waals surface area (Å²) < 4.78 is 0. The molecule has 0 radical (unpaired) electrons. The van der Waals surface area contributed by atoms with Crippen LogP contribution in [-0.2, 0) is 17.6 Å². The normalized spacial score (nSPS) is 13.0. The second-order valence-corrected chi connectivity index (χ2v) is 11.1. The van der Waals surface area contributed by atoms with Crippen LogP contribution in [0.3, 0.4) is 0 Å². The summed E-state index contributed by atoms with van der Waals surface area (Å²) in [6, 6.07) is 8.75. The molecule has 1 aliphatic carbocycles. The van der Waals surface area contributed by atoms with Gasteiger partial charge in [-0.15, -0.1) is 22.7 Å². The van der Waals surface area contributed by atoms with Crippen molar-refractivity contribution in [3.05, 3.63) is 57.0 Å². The first kappa shape index (κ1) is 22.1. The van der Waals surface area contributed by atoms with Gasteiger partial charge in [0.05, 0.1) is 16.7 Å². The third-order valence-electron chi connectivity index (χ3n) is 6.03. The lowest BCUT2D eigenvalue weighted by Crippen LogP contribution is -2.14. The molecule has 0 unspecified atom stereocenters. The molecule has 5 nitrogen and oxygen atoms in total. The number of nitrogens with zero attached hydrogens (tertiary/aromatic N) is 3. The molecule has 4 aromatic rings. The zero-order chi connectivity index (χ0) is 22.9. The van der Waals surface area contributed by atoms with Crippen molar-refractivity contribution in [3.63, 3.8) is 0 Å². The highest BCUT2D eigenvalue weighted by atomic mass is 32.2. The molecule has 3 aromatic heterocycles. The molecule has 0 atom stereocenters. The van der Waals surface area contributed by atoms with E-state index in [0.29, 0.717) is 10.6 Å². The minimum atomic E-state index is -0.121. The Morgan fingerprint density at radius 2 is 2.06 bits per heavy atom. The zero-order valence-electron chi connectivity index (χ0n) is 18.4. The van der Waals surface area contributed by atoms with Gasteiger partial charge in [0, 0.05) is 15.8 Å². The summed E-state index contributed by atoms with van der Waals surface area (Å²) in [5, 5.41) is 17.2.